The van der Waals surface area contributed by atoms with E-state index < -0.39 is 0 Å². The first-order chi connectivity index (χ1) is 9.13. The molecule has 0 spiro atoms. The molecule has 1 N–H and O–H groups in total. The minimum atomic E-state index is 0.0175. The predicted octanol–water partition coefficient (Wildman–Crippen LogP) is 2.45. The smallest absolute Gasteiger partial charge is 0.231 e. The summed E-state index contributed by atoms with van der Waals surface area (Å²) in [5, 5.41) is 6.29. The van der Waals surface area contributed by atoms with Gasteiger partial charge in [-0.15, -0.1) is 11.3 Å². The normalized spacial score (nSPS) is 16.8. The van der Waals surface area contributed by atoms with Gasteiger partial charge >= 0.3 is 0 Å². The number of hydrogen-bond donors (Lipinski definition) is 1. The van der Waals surface area contributed by atoms with E-state index in [1.807, 2.05) is 18.7 Å². The molecular weight excluding hydrogens is 258 g/mol. The molecule has 1 saturated heterocycles. The quantitative estimate of drug-likeness (QED) is 0.922. The lowest BCUT2D eigenvalue weighted by molar-refractivity contribution is -0.122. The van der Waals surface area contributed by atoms with E-state index in [9.17, 15) is 4.79 Å². The van der Waals surface area contributed by atoms with Crippen LogP contribution in [0.1, 0.15) is 39.3 Å². The summed E-state index contributed by atoms with van der Waals surface area (Å²) in [5.41, 5.74) is 1.08. The van der Waals surface area contributed by atoms with Crippen LogP contribution in [0.15, 0.2) is 5.38 Å². The maximum atomic E-state index is 12.5. The molecule has 2 heterocycles. The van der Waals surface area contributed by atoms with Crippen molar-refractivity contribution < 1.29 is 4.79 Å². The van der Waals surface area contributed by atoms with Gasteiger partial charge in [-0.1, -0.05) is 20.8 Å². The molecule has 0 saturated carbocycles. The van der Waals surface area contributed by atoms with E-state index in [-0.39, 0.29) is 11.8 Å². The molecule has 0 radical (unpaired) electrons. The van der Waals surface area contributed by atoms with Crippen LogP contribution in [0.2, 0.25) is 0 Å². The average Bonchev–Trinajstić information content (AvgIpc) is 2.88. The molecule has 0 atom stereocenters. The van der Waals surface area contributed by atoms with Crippen LogP contribution in [0.4, 0.5) is 5.13 Å². The summed E-state index contributed by atoms with van der Waals surface area (Å²) in [5.74, 6) is 0.216. The Morgan fingerprint density at radius 3 is 2.74 bits per heavy atom. The Morgan fingerprint density at radius 2 is 2.21 bits per heavy atom. The molecule has 1 aliphatic rings. The van der Waals surface area contributed by atoms with Crippen molar-refractivity contribution >= 4 is 22.4 Å². The van der Waals surface area contributed by atoms with Gasteiger partial charge in [0, 0.05) is 17.3 Å². The fraction of sp³-hybridized carbons (Fsp3) is 0.714. The highest BCUT2D eigenvalue weighted by Crippen LogP contribution is 2.27. The van der Waals surface area contributed by atoms with Crippen molar-refractivity contribution in [2.45, 2.75) is 46.1 Å². The summed E-state index contributed by atoms with van der Waals surface area (Å²) in [6.07, 6.45) is 2.95. The SMILES string of the molecule is CCc1csc(N(C(=O)C(C)C)C2CCNCC2)n1. The van der Waals surface area contributed by atoms with Crippen LogP contribution in [0.25, 0.3) is 0 Å². The Balaban J connectivity index is 2.24. The van der Waals surface area contributed by atoms with E-state index in [0.29, 0.717) is 6.04 Å². The van der Waals surface area contributed by atoms with Crippen LogP contribution in [0.5, 0.6) is 0 Å². The summed E-state index contributed by atoms with van der Waals surface area (Å²) < 4.78 is 0. The van der Waals surface area contributed by atoms with Gasteiger partial charge in [-0.3, -0.25) is 9.69 Å². The van der Waals surface area contributed by atoms with Crippen molar-refractivity contribution in [2.75, 3.05) is 18.0 Å². The number of hydrogen-bond acceptors (Lipinski definition) is 4. The third-order valence-corrected chi connectivity index (χ3v) is 4.40. The number of carbonyl (C=O) groups excluding carboxylic acids is 1. The van der Waals surface area contributed by atoms with Crippen LogP contribution in [0, 0.1) is 5.92 Å². The lowest BCUT2D eigenvalue weighted by Gasteiger charge is -2.34. The highest BCUT2D eigenvalue weighted by Gasteiger charge is 2.30. The highest BCUT2D eigenvalue weighted by molar-refractivity contribution is 7.14. The fourth-order valence-corrected chi connectivity index (χ4v) is 3.33. The van der Waals surface area contributed by atoms with Gasteiger partial charge in [0.15, 0.2) is 5.13 Å². The molecule has 1 aromatic rings. The molecule has 5 heteroatoms. The van der Waals surface area contributed by atoms with E-state index in [4.69, 9.17) is 0 Å². The monoisotopic (exact) mass is 281 g/mol. The number of nitrogens with one attached hydrogen (secondary N) is 1. The van der Waals surface area contributed by atoms with Gasteiger partial charge < -0.3 is 5.32 Å². The molecule has 106 valence electrons. The van der Waals surface area contributed by atoms with Gasteiger partial charge in [-0.2, -0.15) is 0 Å². The molecule has 4 nitrogen and oxygen atoms in total. The minimum Gasteiger partial charge on any atom is -0.317 e. The number of aryl methyl sites for hydroxylation is 1. The zero-order valence-electron chi connectivity index (χ0n) is 12.0. The van der Waals surface area contributed by atoms with E-state index in [1.165, 1.54) is 0 Å². The molecule has 1 amide bonds. The van der Waals surface area contributed by atoms with Gasteiger partial charge in [0.2, 0.25) is 5.91 Å². The summed E-state index contributed by atoms with van der Waals surface area (Å²) in [7, 11) is 0. The van der Waals surface area contributed by atoms with Crippen molar-refractivity contribution in [1.82, 2.24) is 10.3 Å². The van der Waals surface area contributed by atoms with Gasteiger partial charge in [0.05, 0.1) is 5.69 Å². The van der Waals surface area contributed by atoms with Gasteiger partial charge in [-0.05, 0) is 32.4 Å². The van der Waals surface area contributed by atoms with Crippen molar-refractivity contribution in [3.63, 3.8) is 0 Å². The highest BCUT2D eigenvalue weighted by atomic mass is 32.1. The summed E-state index contributed by atoms with van der Waals surface area (Å²) >= 11 is 1.60. The first kappa shape index (κ1) is 14.5. The van der Waals surface area contributed by atoms with Crippen molar-refractivity contribution in [2.24, 2.45) is 5.92 Å². The molecule has 19 heavy (non-hydrogen) atoms. The Labute approximate surface area is 119 Å². The fourth-order valence-electron chi connectivity index (χ4n) is 2.34. The molecule has 1 aromatic heterocycles. The summed E-state index contributed by atoms with van der Waals surface area (Å²) in [6, 6.07) is 0.298. The molecule has 0 aliphatic carbocycles. The second-order valence-electron chi connectivity index (χ2n) is 5.32. The average molecular weight is 281 g/mol. The van der Waals surface area contributed by atoms with Crippen molar-refractivity contribution in [3.05, 3.63) is 11.1 Å². The summed E-state index contributed by atoms with van der Waals surface area (Å²) in [6.45, 7) is 7.99. The number of carbonyl (C=O) groups is 1. The number of nitrogens with zero attached hydrogens (tertiary/aromatic N) is 2. The van der Waals surface area contributed by atoms with Crippen LogP contribution >= 0.6 is 11.3 Å². The number of thiazole rings is 1. The second-order valence-corrected chi connectivity index (χ2v) is 6.16. The number of anilines is 1. The molecule has 0 bridgehead atoms. The zero-order valence-corrected chi connectivity index (χ0v) is 12.8. The molecular formula is C14H23N3OS. The van der Waals surface area contributed by atoms with E-state index in [1.54, 1.807) is 11.3 Å². The van der Waals surface area contributed by atoms with E-state index in [2.05, 4.69) is 22.6 Å². The van der Waals surface area contributed by atoms with E-state index >= 15 is 0 Å². The molecule has 1 fully saturated rings. The standard InChI is InChI=1S/C14H23N3OS/c1-4-11-9-19-14(16-11)17(13(18)10(2)3)12-5-7-15-8-6-12/h9-10,12,15H,4-8H2,1-3H3. The lowest BCUT2D eigenvalue weighted by atomic mass is 10.0. The molecule has 0 unspecified atom stereocenters. The number of aromatic nitrogens is 1. The Kier molecular flexibility index (Phi) is 4.93. The minimum absolute atomic E-state index is 0.0175. The largest absolute Gasteiger partial charge is 0.317 e. The third kappa shape index (κ3) is 3.34. The first-order valence-electron chi connectivity index (χ1n) is 7.11. The Bertz CT molecular complexity index is 424. The van der Waals surface area contributed by atoms with Crippen LogP contribution in [-0.4, -0.2) is 30.0 Å². The topological polar surface area (TPSA) is 45.2 Å². The Hall–Kier alpha value is -0.940. The van der Waals surface area contributed by atoms with Crippen molar-refractivity contribution in [3.8, 4) is 0 Å². The van der Waals surface area contributed by atoms with Gasteiger partial charge in [0.25, 0.3) is 0 Å². The number of amides is 1. The van der Waals surface area contributed by atoms with Gasteiger partial charge in [-0.25, -0.2) is 4.98 Å². The van der Waals surface area contributed by atoms with Gasteiger partial charge in [0.1, 0.15) is 0 Å². The lowest BCUT2D eigenvalue weighted by Crippen LogP contribution is -2.47. The van der Waals surface area contributed by atoms with Crippen LogP contribution in [0.3, 0.4) is 0 Å². The number of rotatable bonds is 4. The maximum absolute atomic E-state index is 12.5. The van der Waals surface area contributed by atoms with Crippen LogP contribution < -0.4 is 10.2 Å². The number of piperidine rings is 1. The second kappa shape index (κ2) is 6.48. The van der Waals surface area contributed by atoms with Crippen molar-refractivity contribution in [1.29, 1.82) is 0 Å². The third-order valence-electron chi connectivity index (χ3n) is 3.51. The van der Waals surface area contributed by atoms with Crippen LogP contribution in [-0.2, 0) is 11.2 Å². The first-order valence-corrected chi connectivity index (χ1v) is 7.99. The zero-order chi connectivity index (χ0) is 13.8. The Morgan fingerprint density at radius 1 is 1.53 bits per heavy atom. The predicted molar refractivity (Wildman–Crippen MR) is 79.7 cm³/mol. The molecule has 2 rings (SSSR count). The molecule has 0 aromatic carbocycles. The molecule has 1 aliphatic heterocycles. The summed E-state index contributed by atoms with van der Waals surface area (Å²) in [4.78, 5) is 19.1. The maximum Gasteiger partial charge on any atom is 0.231 e. The van der Waals surface area contributed by atoms with E-state index in [0.717, 1.165) is 43.2 Å².